The lowest BCUT2D eigenvalue weighted by Crippen LogP contribution is -2.42. The first-order valence-electron chi connectivity index (χ1n) is 5.34. The number of aryl methyl sites for hydroxylation is 1. The molecule has 1 aliphatic heterocycles. The molecule has 2 unspecified atom stereocenters. The summed E-state index contributed by atoms with van der Waals surface area (Å²) in [6.07, 6.45) is 0.754. The monoisotopic (exact) mass is 241 g/mol. The van der Waals surface area contributed by atoms with Gasteiger partial charge in [-0.05, 0) is 19.3 Å². The van der Waals surface area contributed by atoms with Crippen LogP contribution in [0.2, 0.25) is 0 Å². The zero-order valence-corrected chi connectivity index (χ0v) is 10.2. The standard InChI is InChI=1S/C10H15N3O2S/c1-6-3-8(9(14)15)5-13(4-6)10-12-11-7(2)16-10/h6,8H,3-5H2,1-2H3,(H,14,15). The number of anilines is 1. The van der Waals surface area contributed by atoms with Crippen LogP contribution in [0.15, 0.2) is 0 Å². The second-order valence-corrected chi connectivity index (χ2v) is 5.54. The van der Waals surface area contributed by atoms with E-state index in [1.165, 1.54) is 11.3 Å². The summed E-state index contributed by atoms with van der Waals surface area (Å²) in [5, 5.41) is 18.9. The number of carbonyl (C=O) groups is 1. The number of carboxylic acids is 1. The number of hydrogen-bond acceptors (Lipinski definition) is 5. The van der Waals surface area contributed by atoms with E-state index in [0.29, 0.717) is 12.5 Å². The van der Waals surface area contributed by atoms with Crippen LogP contribution in [0.3, 0.4) is 0 Å². The Morgan fingerprint density at radius 1 is 1.50 bits per heavy atom. The average molecular weight is 241 g/mol. The van der Waals surface area contributed by atoms with E-state index < -0.39 is 5.97 Å². The molecule has 0 aliphatic carbocycles. The molecule has 0 saturated carbocycles. The molecule has 1 saturated heterocycles. The van der Waals surface area contributed by atoms with Gasteiger partial charge in [0, 0.05) is 13.1 Å². The van der Waals surface area contributed by atoms with Gasteiger partial charge in [0.05, 0.1) is 5.92 Å². The summed E-state index contributed by atoms with van der Waals surface area (Å²) in [6, 6.07) is 0. The molecule has 6 heteroatoms. The van der Waals surface area contributed by atoms with Crippen LogP contribution in [-0.2, 0) is 4.79 Å². The summed E-state index contributed by atoms with van der Waals surface area (Å²) in [4.78, 5) is 13.1. The van der Waals surface area contributed by atoms with Crippen LogP contribution in [0.5, 0.6) is 0 Å². The Balaban J connectivity index is 2.13. The quantitative estimate of drug-likeness (QED) is 0.847. The fraction of sp³-hybridized carbons (Fsp3) is 0.700. The summed E-state index contributed by atoms with van der Waals surface area (Å²) in [5.41, 5.74) is 0. The van der Waals surface area contributed by atoms with Crippen LogP contribution in [0, 0.1) is 18.8 Å². The van der Waals surface area contributed by atoms with Gasteiger partial charge in [-0.1, -0.05) is 18.3 Å². The summed E-state index contributed by atoms with van der Waals surface area (Å²) < 4.78 is 0. The molecule has 0 aromatic carbocycles. The number of aromatic nitrogens is 2. The molecular formula is C10H15N3O2S. The lowest BCUT2D eigenvalue weighted by molar-refractivity contribution is -0.142. The van der Waals surface area contributed by atoms with E-state index >= 15 is 0 Å². The zero-order chi connectivity index (χ0) is 11.7. The van der Waals surface area contributed by atoms with E-state index in [-0.39, 0.29) is 5.92 Å². The lowest BCUT2D eigenvalue weighted by Gasteiger charge is -2.34. The third-order valence-electron chi connectivity index (χ3n) is 2.79. The van der Waals surface area contributed by atoms with Crippen molar-refractivity contribution >= 4 is 22.4 Å². The minimum absolute atomic E-state index is 0.284. The Bertz CT molecular complexity index is 393. The van der Waals surface area contributed by atoms with Crippen molar-refractivity contribution in [3.05, 3.63) is 5.01 Å². The molecule has 0 radical (unpaired) electrons. The van der Waals surface area contributed by atoms with E-state index in [1.54, 1.807) is 0 Å². The fourth-order valence-corrected chi connectivity index (χ4v) is 2.81. The van der Waals surface area contributed by atoms with Crippen LogP contribution in [-0.4, -0.2) is 34.4 Å². The fourth-order valence-electron chi connectivity index (χ4n) is 2.10. The Labute approximate surface area is 98.1 Å². The van der Waals surface area contributed by atoms with Gasteiger partial charge in [0.1, 0.15) is 5.01 Å². The summed E-state index contributed by atoms with van der Waals surface area (Å²) >= 11 is 1.52. The van der Waals surface area contributed by atoms with E-state index in [9.17, 15) is 4.79 Å². The van der Waals surface area contributed by atoms with Crippen molar-refractivity contribution in [2.75, 3.05) is 18.0 Å². The Morgan fingerprint density at radius 3 is 2.81 bits per heavy atom. The Morgan fingerprint density at radius 2 is 2.25 bits per heavy atom. The molecule has 0 amide bonds. The summed E-state index contributed by atoms with van der Waals surface area (Å²) in [6.45, 7) is 5.41. The predicted octanol–water partition coefficient (Wildman–Crippen LogP) is 1.39. The van der Waals surface area contributed by atoms with Crippen molar-refractivity contribution in [2.24, 2.45) is 11.8 Å². The molecule has 2 rings (SSSR count). The van der Waals surface area contributed by atoms with Gasteiger partial charge in [0.2, 0.25) is 5.13 Å². The third kappa shape index (κ3) is 2.32. The highest BCUT2D eigenvalue weighted by Gasteiger charge is 2.30. The van der Waals surface area contributed by atoms with Crippen molar-refractivity contribution in [3.8, 4) is 0 Å². The minimum atomic E-state index is -0.710. The molecule has 1 aromatic heterocycles. The first-order valence-corrected chi connectivity index (χ1v) is 6.15. The van der Waals surface area contributed by atoms with Gasteiger partial charge in [-0.3, -0.25) is 4.79 Å². The molecule has 88 valence electrons. The van der Waals surface area contributed by atoms with Crippen LogP contribution in [0.25, 0.3) is 0 Å². The van der Waals surface area contributed by atoms with E-state index in [2.05, 4.69) is 17.1 Å². The van der Waals surface area contributed by atoms with E-state index in [4.69, 9.17) is 5.11 Å². The second-order valence-electron chi connectivity index (χ2n) is 4.38. The molecule has 2 heterocycles. The molecule has 0 spiro atoms. The topological polar surface area (TPSA) is 66.3 Å². The molecule has 1 fully saturated rings. The average Bonchev–Trinajstić information content (AvgIpc) is 2.64. The highest BCUT2D eigenvalue weighted by Crippen LogP contribution is 2.28. The predicted molar refractivity (Wildman–Crippen MR) is 61.8 cm³/mol. The van der Waals surface area contributed by atoms with Gasteiger partial charge in [-0.25, -0.2) is 0 Å². The minimum Gasteiger partial charge on any atom is -0.481 e. The molecular weight excluding hydrogens is 226 g/mol. The van der Waals surface area contributed by atoms with Gasteiger partial charge < -0.3 is 10.0 Å². The van der Waals surface area contributed by atoms with Crippen LogP contribution >= 0.6 is 11.3 Å². The van der Waals surface area contributed by atoms with Crippen molar-refractivity contribution in [3.63, 3.8) is 0 Å². The van der Waals surface area contributed by atoms with Crippen LogP contribution < -0.4 is 4.90 Å². The SMILES string of the molecule is Cc1nnc(N2CC(C)CC(C(=O)O)C2)s1. The highest BCUT2D eigenvalue weighted by atomic mass is 32.1. The molecule has 1 aromatic rings. The molecule has 5 nitrogen and oxygen atoms in total. The van der Waals surface area contributed by atoms with E-state index in [1.807, 2.05) is 11.8 Å². The summed E-state index contributed by atoms with van der Waals surface area (Å²) in [7, 11) is 0. The van der Waals surface area contributed by atoms with Crippen molar-refractivity contribution in [1.82, 2.24) is 10.2 Å². The molecule has 1 N–H and O–H groups in total. The lowest BCUT2D eigenvalue weighted by atomic mass is 9.91. The third-order valence-corrected chi connectivity index (χ3v) is 3.69. The van der Waals surface area contributed by atoms with Crippen molar-refractivity contribution in [1.29, 1.82) is 0 Å². The number of aliphatic carboxylic acids is 1. The largest absolute Gasteiger partial charge is 0.481 e. The molecule has 1 aliphatic rings. The Kier molecular flexibility index (Phi) is 3.09. The van der Waals surface area contributed by atoms with E-state index in [0.717, 1.165) is 23.1 Å². The van der Waals surface area contributed by atoms with Gasteiger partial charge in [-0.15, -0.1) is 10.2 Å². The van der Waals surface area contributed by atoms with Crippen LogP contribution in [0.1, 0.15) is 18.4 Å². The maximum Gasteiger partial charge on any atom is 0.308 e. The first-order chi connectivity index (χ1) is 7.56. The highest BCUT2D eigenvalue weighted by molar-refractivity contribution is 7.15. The number of piperidine rings is 1. The maximum absolute atomic E-state index is 11.0. The number of carboxylic acid groups (broad SMARTS) is 1. The number of rotatable bonds is 2. The smallest absolute Gasteiger partial charge is 0.308 e. The van der Waals surface area contributed by atoms with Gasteiger partial charge in [-0.2, -0.15) is 0 Å². The Hall–Kier alpha value is -1.17. The van der Waals surface area contributed by atoms with Crippen molar-refractivity contribution in [2.45, 2.75) is 20.3 Å². The second kappa shape index (κ2) is 4.37. The zero-order valence-electron chi connectivity index (χ0n) is 9.38. The maximum atomic E-state index is 11.0. The number of hydrogen-bond donors (Lipinski definition) is 1. The van der Waals surface area contributed by atoms with Crippen LogP contribution in [0.4, 0.5) is 5.13 Å². The molecule has 16 heavy (non-hydrogen) atoms. The van der Waals surface area contributed by atoms with Crippen molar-refractivity contribution < 1.29 is 9.90 Å². The summed E-state index contributed by atoms with van der Waals surface area (Å²) in [5.74, 6) is -0.607. The van der Waals surface area contributed by atoms with Gasteiger partial charge >= 0.3 is 5.97 Å². The molecule has 0 bridgehead atoms. The molecule has 2 atom stereocenters. The normalized spacial score (nSPS) is 25.8. The van der Waals surface area contributed by atoms with Gasteiger partial charge in [0.15, 0.2) is 0 Å². The first kappa shape index (κ1) is 11.3. The number of nitrogens with zero attached hydrogens (tertiary/aromatic N) is 3. The van der Waals surface area contributed by atoms with Gasteiger partial charge in [0.25, 0.3) is 0 Å².